The maximum absolute atomic E-state index is 14.4. The van der Waals surface area contributed by atoms with E-state index >= 15 is 0 Å². The average Bonchev–Trinajstić information content (AvgIpc) is 2.45. The van der Waals surface area contributed by atoms with Crippen LogP contribution >= 0.6 is 0 Å². The predicted molar refractivity (Wildman–Crippen MR) is 75.1 cm³/mol. The van der Waals surface area contributed by atoms with Gasteiger partial charge >= 0.3 is 0 Å². The van der Waals surface area contributed by atoms with Gasteiger partial charge in [-0.05, 0) is 60.6 Å². The molecule has 0 saturated carbocycles. The van der Waals surface area contributed by atoms with Crippen LogP contribution in [0.25, 0.3) is 11.1 Å². The molecule has 0 N–H and O–H groups in total. The number of benzene rings is 2. The highest BCUT2D eigenvalue weighted by molar-refractivity contribution is 5.74. The molecule has 0 amide bonds. The lowest BCUT2D eigenvalue weighted by atomic mass is 9.84. The summed E-state index contributed by atoms with van der Waals surface area (Å²) in [7, 11) is 0. The Kier molecular flexibility index (Phi) is 3.20. The molecular weight excluding hydrogens is 258 g/mol. The van der Waals surface area contributed by atoms with Gasteiger partial charge < -0.3 is 4.74 Å². The largest absolute Gasteiger partial charge is 0.491 e. The third-order valence-electron chi connectivity index (χ3n) is 3.86. The number of hydrogen-bond acceptors (Lipinski definition) is 1. The summed E-state index contributed by atoms with van der Waals surface area (Å²) in [5, 5.41) is 0. The molecule has 0 radical (unpaired) electrons. The van der Waals surface area contributed by atoms with E-state index in [9.17, 15) is 8.78 Å². The summed E-state index contributed by atoms with van der Waals surface area (Å²) in [6.45, 7) is 4.01. The van der Waals surface area contributed by atoms with Crippen LogP contribution < -0.4 is 4.74 Å². The maximum atomic E-state index is 14.4. The monoisotopic (exact) mass is 274 g/mol. The molecule has 0 fully saturated rings. The molecule has 1 nitrogen and oxygen atoms in total. The van der Waals surface area contributed by atoms with E-state index in [4.69, 9.17) is 4.74 Å². The van der Waals surface area contributed by atoms with Gasteiger partial charge in [-0.3, -0.25) is 0 Å². The summed E-state index contributed by atoms with van der Waals surface area (Å²) in [6, 6.07) is 7.09. The summed E-state index contributed by atoms with van der Waals surface area (Å²) < 4.78 is 33.8. The lowest BCUT2D eigenvalue weighted by Gasteiger charge is -2.22. The van der Waals surface area contributed by atoms with Crippen LogP contribution in [-0.2, 0) is 12.8 Å². The van der Waals surface area contributed by atoms with E-state index in [1.54, 1.807) is 19.1 Å². The van der Waals surface area contributed by atoms with Crippen molar-refractivity contribution in [1.29, 1.82) is 0 Å². The average molecular weight is 274 g/mol. The van der Waals surface area contributed by atoms with E-state index in [1.165, 1.54) is 0 Å². The highest BCUT2D eigenvalue weighted by Gasteiger charge is 2.24. The summed E-state index contributed by atoms with van der Waals surface area (Å²) in [6.07, 6.45) is 1.04. The molecule has 20 heavy (non-hydrogen) atoms. The van der Waals surface area contributed by atoms with Crippen LogP contribution in [0, 0.1) is 18.6 Å². The van der Waals surface area contributed by atoms with Gasteiger partial charge in [-0.1, -0.05) is 18.2 Å². The Morgan fingerprint density at radius 1 is 0.950 bits per heavy atom. The van der Waals surface area contributed by atoms with Crippen LogP contribution in [-0.4, -0.2) is 6.61 Å². The van der Waals surface area contributed by atoms with Crippen molar-refractivity contribution < 1.29 is 13.5 Å². The summed E-state index contributed by atoms with van der Waals surface area (Å²) >= 11 is 0. The molecule has 104 valence electrons. The van der Waals surface area contributed by atoms with Crippen LogP contribution in [0.1, 0.15) is 23.6 Å². The van der Waals surface area contributed by atoms with Crippen LogP contribution in [0.5, 0.6) is 5.75 Å². The zero-order valence-corrected chi connectivity index (χ0v) is 11.6. The highest BCUT2D eigenvalue weighted by atomic mass is 19.1. The van der Waals surface area contributed by atoms with Crippen molar-refractivity contribution in [3.63, 3.8) is 0 Å². The zero-order valence-electron chi connectivity index (χ0n) is 11.6. The van der Waals surface area contributed by atoms with Gasteiger partial charge in [-0.25, -0.2) is 8.78 Å². The van der Waals surface area contributed by atoms with Crippen molar-refractivity contribution in [2.24, 2.45) is 0 Å². The summed E-state index contributed by atoms with van der Waals surface area (Å²) in [5.74, 6) is -0.194. The smallest absolute Gasteiger partial charge is 0.168 e. The fraction of sp³-hybridized carbons (Fsp3) is 0.294. The van der Waals surface area contributed by atoms with E-state index in [-0.39, 0.29) is 17.4 Å². The summed E-state index contributed by atoms with van der Waals surface area (Å²) in [4.78, 5) is 0. The molecule has 2 aromatic rings. The first-order valence-corrected chi connectivity index (χ1v) is 6.86. The normalized spacial score (nSPS) is 12.8. The third-order valence-corrected chi connectivity index (χ3v) is 3.86. The number of halogens is 2. The Bertz CT molecular complexity index is 677. The van der Waals surface area contributed by atoms with E-state index in [0.717, 1.165) is 11.1 Å². The predicted octanol–water partition coefficient (Wildman–Crippen LogP) is 4.44. The Morgan fingerprint density at radius 3 is 2.20 bits per heavy atom. The molecule has 0 bridgehead atoms. The maximum Gasteiger partial charge on any atom is 0.168 e. The molecule has 0 spiro atoms. The molecule has 3 rings (SSSR count). The van der Waals surface area contributed by atoms with Gasteiger partial charge in [-0.15, -0.1) is 0 Å². The van der Waals surface area contributed by atoms with Crippen molar-refractivity contribution in [3.05, 3.63) is 52.6 Å². The van der Waals surface area contributed by atoms with E-state index < -0.39 is 0 Å². The van der Waals surface area contributed by atoms with Gasteiger partial charge in [0.25, 0.3) is 0 Å². The number of hydrogen-bond donors (Lipinski definition) is 0. The van der Waals surface area contributed by atoms with Gasteiger partial charge in [-0.2, -0.15) is 0 Å². The van der Waals surface area contributed by atoms with Crippen LogP contribution in [0.4, 0.5) is 8.78 Å². The number of fused-ring (bicyclic) bond motifs is 3. The number of aryl methyl sites for hydroxylation is 1. The molecule has 0 saturated heterocycles. The number of ether oxygens (including phenoxy) is 1. The van der Waals surface area contributed by atoms with Crippen molar-refractivity contribution in [2.75, 3.05) is 6.61 Å². The molecule has 3 heteroatoms. The second-order valence-corrected chi connectivity index (χ2v) is 5.06. The van der Waals surface area contributed by atoms with E-state index in [1.807, 2.05) is 19.1 Å². The molecule has 0 aliphatic heterocycles. The molecule has 0 heterocycles. The fourth-order valence-electron chi connectivity index (χ4n) is 2.85. The van der Waals surface area contributed by atoms with Crippen molar-refractivity contribution in [3.8, 4) is 16.9 Å². The first kappa shape index (κ1) is 13.1. The molecule has 1 aliphatic rings. The highest BCUT2D eigenvalue weighted by Crippen LogP contribution is 2.39. The van der Waals surface area contributed by atoms with Gasteiger partial charge in [0.2, 0.25) is 0 Å². The minimum Gasteiger partial charge on any atom is -0.491 e. The first-order chi connectivity index (χ1) is 9.63. The van der Waals surface area contributed by atoms with Gasteiger partial charge in [0, 0.05) is 0 Å². The minimum absolute atomic E-state index is 0.164. The molecular formula is C17H16F2O. The van der Waals surface area contributed by atoms with Gasteiger partial charge in [0.15, 0.2) is 11.6 Å². The Morgan fingerprint density at radius 2 is 1.55 bits per heavy atom. The van der Waals surface area contributed by atoms with Crippen LogP contribution in [0.3, 0.4) is 0 Å². The van der Waals surface area contributed by atoms with Crippen molar-refractivity contribution >= 4 is 0 Å². The van der Waals surface area contributed by atoms with E-state index in [2.05, 4.69) is 0 Å². The minimum atomic E-state index is -0.309. The third kappa shape index (κ3) is 1.89. The molecule has 1 aliphatic carbocycles. The van der Waals surface area contributed by atoms with Gasteiger partial charge in [0.05, 0.1) is 6.61 Å². The molecule has 0 aromatic heterocycles. The molecule has 2 aromatic carbocycles. The second kappa shape index (κ2) is 4.89. The van der Waals surface area contributed by atoms with Crippen LogP contribution in [0.15, 0.2) is 24.3 Å². The standard InChI is InChI=1S/C17H16F2O/c1-3-20-15-9-8-12-11-5-4-10(2)16(18)13(11)6-7-14(12)17(15)19/h4-5,8-9H,3,6-7H2,1-2H3. The summed E-state index contributed by atoms with van der Waals surface area (Å²) in [5.41, 5.74) is 3.55. The Balaban J connectivity index is 2.19. The number of rotatable bonds is 2. The molecule has 0 atom stereocenters. The topological polar surface area (TPSA) is 9.23 Å². The molecule has 0 unspecified atom stereocenters. The van der Waals surface area contributed by atoms with Crippen molar-refractivity contribution in [1.82, 2.24) is 0 Å². The van der Waals surface area contributed by atoms with Crippen molar-refractivity contribution in [2.45, 2.75) is 26.7 Å². The lowest BCUT2D eigenvalue weighted by molar-refractivity contribution is 0.320. The fourth-order valence-corrected chi connectivity index (χ4v) is 2.85. The second-order valence-electron chi connectivity index (χ2n) is 5.06. The van der Waals surface area contributed by atoms with E-state index in [0.29, 0.717) is 36.1 Å². The SMILES string of the molecule is CCOc1ccc2c(c1F)CCc1c-2ccc(C)c1F. The quantitative estimate of drug-likeness (QED) is 0.786. The van der Waals surface area contributed by atoms with Crippen LogP contribution in [0.2, 0.25) is 0 Å². The lowest BCUT2D eigenvalue weighted by Crippen LogP contribution is -2.10. The Labute approximate surface area is 117 Å². The zero-order chi connectivity index (χ0) is 14.3. The van der Waals surface area contributed by atoms with Gasteiger partial charge in [0.1, 0.15) is 5.82 Å². The first-order valence-electron chi connectivity index (χ1n) is 6.86. The Hall–Kier alpha value is -1.90.